The highest BCUT2D eigenvalue weighted by molar-refractivity contribution is 5.66. The lowest BCUT2D eigenvalue weighted by Gasteiger charge is -2.00. The molecule has 0 bridgehead atoms. The third-order valence-corrected chi connectivity index (χ3v) is 2.88. The van der Waals surface area contributed by atoms with Crippen molar-refractivity contribution in [1.29, 1.82) is 0 Å². The summed E-state index contributed by atoms with van der Waals surface area (Å²) in [6.45, 7) is 3.64. The number of rotatable bonds is 13. The quantitative estimate of drug-likeness (QED) is 0.228. The van der Waals surface area contributed by atoms with Crippen LogP contribution in [0.5, 0.6) is 0 Å². The van der Waals surface area contributed by atoms with Gasteiger partial charge in [0.15, 0.2) is 0 Å². The molecule has 8 heteroatoms. The van der Waals surface area contributed by atoms with Gasteiger partial charge in [0.2, 0.25) is 0 Å². The molecular formula is C18H45N3O5. The fraction of sp³-hybridized carbons (Fsp3) is 0.944. The maximum atomic E-state index is 10.2. The van der Waals surface area contributed by atoms with Gasteiger partial charge in [-0.1, -0.05) is 58.3 Å². The average Bonchev–Trinajstić information content (AvgIpc) is 2.67. The summed E-state index contributed by atoms with van der Waals surface area (Å²) in [5.74, 6) is -0.659. The van der Waals surface area contributed by atoms with Crippen LogP contribution in [0.25, 0.3) is 0 Å². The van der Waals surface area contributed by atoms with Crippen LogP contribution in [-0.2, 0) is 4.79 Å². The van der Waals surface area contributed by atoms with Crippen LogP contribution >= 0.6 is 0 Å². The second-order valence-electron chi connectivity index (χ2n) is 5.51. The lowest BCUT2D eigenvalue weighted by molar-refractivity contribution is -0.137. The summed E-state index contributed by atoms with van der Waals surface area (Å²) in [5, 5.41) is 31.7. The molecule has 0 amide bonds. The van der Waals surface area contributed by atoms with E-state index in [-0.39, 0.29) is 19.8 Å². The molecule has 0 fully saturated rings. The summed E-state index contributed by atoms with van der Waals surface area (Å²) >= 11 is 0. The molecule has 0 aliphatic rings. The number of hydrogen-bond donors (Lipinski definition) is 7. The van der Waals surface area contributed by atoms with Gasteiger partial charge in [-0.2, -0.15) is 0 Å². The van der Waals surface area contributed by atoms with Crippen LogP contribution < -0.4 is 17.2 Å². The van der Waals surface area contributed by atoms with E-state index in [0.29, 0.717) is 26.1 Å². The highest BCUT2D eigenvalue weighted by atomic mass is 16.4. The number of carboxylic acids is 1. The molecule has 0 unspecified atom stereocenters. The predicted molar refractivity (Wildman–Crippen MR) is 108 cm³/mol. The number of carboxylic acid groups (broad SMARTS) is 1. The molecule has 10 N–H and O–H groups in total. The standard InChI is InChI=1S/C12H24O2.3C2H7NO/c1-2-3-4-5-6-7-8-9-10-11-12(13)14;3*3-1-2-4/h2-11H2,1H3,(H,13,14);3*4H,1-3H2. The summed E-state index contributed by atoms with van der Waals surface area (Å²) in [6.07, 6.45) is 11.5. The van der Waals surface area contributed by atoms with Crippen molar-refractivity contribution in [2.45, 2.75) is 71.1 Å². The van der Waals surface area contributed by atoms with Crippen molar-refractivity contribution in [2.24, 2.45) is 17.2 Å². The Kier molecular flexibility index (Phi) is 49.7. The fourth-order valence-electron chi connectivity index (χ4n) is 1.59. The third-order valence-electron chi connectivity index (χ3n) is 2.88. The normalized spacial score (nSPS) is 9.04. The first-order valence-electron chi connectivity index (χ1n) is 9.66. The monoisotopic (exact) mass is 383 g/mol. The Morgan fingerprint density at radius 3 is 1.15 bits per heavy atom. The van der Waals surface area contributed by atoms with Crippen molar-refractivity contribution < 1.29 is 25.2 Å². The lowest BCUT2D eigenvalue weighted by atomic mass is 10.1. The molecule has 0 saturated heterocycles. The van der Waals surface area contributed by atoms with E-state index in [0.717, 1.165) is 12.8 Å². The average molecular weight is 384 g/mol. The van der Waals surface area contributed by atoms with E-state index >= 15 is 0 Å². The van der Waals surface area contributed by atoms with Crippen LogP contribution in [0.1, 0.15) is 71.1 Å². The van der Waals surface area contributed by atoms with Crippen LogP contribution in [0.4, 0.5) is 0 Å². The van der Waals surface area contributed by atoms with E-state index in [1.165, 1.54) is 44.9 Å². The predicted octanol–water partition coefficient (Wildman–Crippen LogP) is 0.804. The van der Waals surface area contributed by atoms with Crippen molar-refractivity contribution in [1.82, 2.24) is 0 Å². The molecule has 0 heterocycles. The summed E-state index contributed by atoms with van der Waals surface area (Å²) < 4.78 is 0. The van der Waals surface area contributed by atoms with Crippen molar-refractivity contribution in [3.8, 4) is 0 Å². The van der Waals surface area contributed by atoms with Crippen LogP contribution in [-0.4, -0.2) is 65.9 Å². The van der Waals surface area contributed by atoms with Gasteiger partial charge in [0.05, 0.1) is 19.8 Å². The molecule has 0 aliphatic heterocycles. The minimum atomic E-state index is -0.659. The van der Waals surface area contributed by atoms with Crippen molar-refractivity contribution >= 4 is 5.97 Å². The Morgan fingerprint density at radius 1 is 0.654 bits per heavy atom. The second-order valence-corrected chi connectivity index (χ2v) is 5.51. The first-order valence-corrected chi connectivity index (χ1v) is 9.66. The number of carbonyl (C=O) groups is 1. The Labute approximate surface area is 159 Å². The van der Waals surface area contributed by atoms with Crippen molar-refractivity contribution in [3.05, 3.63) is 0 Å². The number of hydrogen-bond acceptors (Lipinski definition) is 7. The molecule has 0 radical (unpaired) electrons. The molecule has 0 aromatic rings. The molecule has 0 atom stereocenters. The number of aliphatic carboxylic acids is 1. The molecule has 26 heavy (non-hydrogen) atoms. The lowest BCUT2D eigenvalue weighted by Crippen LogP contribution is -2.02. The van der Waals surface area contributed by atoms with Gasteiger partial charge >= 0.3 is 5.97 Å². The van der Waals surface area contributed by atoms with Crippen LogP contribution in [0, 0.1) is 0 Å². The number of nitrogens with two attached hydrogens (primary N) is 3. The van der Waals surface area contributed by atoms with Gasteiger partial charge in [0.1, 0.15) is 0 Å². The van der Waals surface area contributed by atoms with E-state index in [9.17, 15) is 4.79 Å². The van der Waals surface area contributed by atoms with Gasteiger partial charge < -0.3 is 37.6 Å². The largest absolute Gasteiger partial charge is 0.481 e. The molecular weight excluding hydrogens is 338 g/mol. The third kappa shape index (κ3) is 65.6. The molecule has 0 aromatic heterocycles. The molecule has 162 valence electrons. The summed E-state index contributed by atoms with van der Waals surface area (Å²) in [5.41, 5.74) is 14.3. The Hall–Kier alpha value is -0.770. The minimum absolute atomic E-state index is 0.0972. The summed E-state index contributed by atoms with van der Waals surface area (Å²) in [7, 11) is 0. The van der Waals surface area contributed by atoms with Gasteiger partial charge in [-0.05, 0) is 6.42 Å². The van der Waals surface area contributed by atoms with E-state index in [1.807, 2.05) is 0 Å². The molecule has 0 aliphatic carbocycles. The Morgan fingerprint density at radius 2 is 0.923 bits per heavy atom. The Bertz CT molecular complexity index is 207. The van der Waals surface area contributed by atoms with Gasteiger partial charge in [0.25, 0.3) is 0 Å². The smallest absolute Gasteiger partial charge is 0.303 e. The fourth-order valence-corrected chi connectivity index (χ4v) is 1.59. The molecule has 0 spiro atoms. The minimum Gasteiger partial charge on any atom is -0.481 e. The first-order chi connectivity index (χ1) is 12.5. The van der Waals surface area contributed by atoms with Gasteiger partial charge in [-0.3, -0.25) is 4.79 Å². The van der Waals surface area contributed by atoms with E-state index < -0.39 is 5.97 Å². The maximum Gasteiger partial charge on any atom is 0.303 e. The van der Waals surface area contributed by atoms with Crippen molar-refractivity contribution in [2.75, 3.05) is 39.5 Å². The zero-order valence-corrected chi connectivity index (χ0v) is 16.7. The molecule has 0 rings (SSSR count). The SMILES string of the molecule is CCCCCCCCCCCC(=O)O.NCCO.NCCO.NCCO. The number of unbranched alkanes of at least 4 members (excludes halogenated alkanes) is 8. The number of aliphatic hydroxyl groups excluding tert-OH is 3. The van der Waals surface area contributed by atoms with Gasteiger partial charge in [-0.25, -0.2) is 0 Å². The highest BCUT2D eigenvalue weighted by Crippen LogP contribution is 2.10. The van der Waals surface area contributed by atoms with E-state index in [2.05, 4.69) is 6.92 Å². The summed E-state index contributed by atoms with van der Waals surface area (Å²) in [4.78, 5) is 10.2. The zero-order valence-electron chi connectivity index (χ0n) is 16.7. The Balaban J connectivity index is -0.000000164. The maximum absolute atomic E-state index is 10.2. The second kappa shape index (κ2) is 39.3. The van der Waals surface area contributed by atoms with Crippen LogP contribution in [0.15, 0.2) is 0 Å². The van der Waals surface area contributed by atoms with E-state index in [4.69, 9.17) is 37.6 Å². The molecule has 0 saturated carbocycles. The first kappa shape index (κ1) is 32.9. The van der Waals surface area contributed by atoms with E-state index in [1.54, 1.807) is 0 Å². The van der Waals surface area contributed by atoms with Gasteiger partial charge in [0, 0.05) is 26.1 Å². The van der Waals surface area contributed by atoms with Crippen molar-refractivity contribution in [3.63, 3.8) is 0 Å². The number of aliphatic hydroxyl groups is 3. The topological polar surface area (TPSA) is 176 Å². The van der Waals surface area contributed by atoms with Crippen LogP contribution in [0.3, 0.4) is 0 Å². The molecule has 0 aromatic carbocycles. The molecule has 8 nitrogen and oxygen atoms in total. The summed E-state index contributed by atoms with van der Waals surface area (Å²) in [6, 6.07) is 0. The van der Waals surface area contributed by atoms with Crippen LogP contribution in [0.2, 0.25) is 0 Å². The highest BCUT2D eigenvalue weighted by Gasteiger charge is 1.96. The van der Waals surface area contributed by atoms with Gasteiger partial charge in [-0.15, -0.1) is 0 Å². The zero-order chi connectivity index (χ0) is 20.9.